The number of aliphatic hydroxyl groups is 1. The third-order valence-corrected chi connectivity index (χ3v) is 3.52. The van der Waals surface area contributed by atoms with Gasteiger partial charge in [0.15, 0.2) is 0 Å². The van der Waals surface area contributed by atoms with Crippen molar-refractivity contribution < 1.29 is 5.11 Å². The summed E-state index contributed by atoms with van der Waals surface area (Å²) in [4.78, 5) is 2.47. The van der Waals surface area contributed by atoms with Crippen molar-refractivity contribution in [3.63, 3.8) is 0 Å². The maximum Gasteiger partial charge on any atom is 0.0515 e. The van der Waals surface area contributed by atoms with Crippen molar-refractivity contribution in [2.75, 3.05) is 13.1 Å². The first-order chi connectivity index (χ1) is 8.74. The van der Waals surface area contributed by atoms with Crippen molar-refractivity contribution in [1.82, 2.24) is 4.90 Å². The molecule has 1 atom stereocenters. The molecule has 0 bridgehead atoms. The largest absolute Gasteiger partial charge is 0.393 e. The molecule has 0 aromatic heterocycles. The molecular weight excluding hydrogens is 222 g/mol. The summed E-state index contributed by atoms with van der Waals surface area (Å²) in [5, 5.41) is 9.29. The molecule has 0 spiro atoms. The zero-order valence-electron chi connectivity index (χ0n) is 11.2. The normalized spacial score (nSPS) is 18.4. The van der Waals surface area contributed by atoms with Crippen LogP contribution in [0, 0.1) is 0 Å². The predicted octanol–water partition coefficient (Wildman–Crippen LogP) is 2.98. The third-order valence-electron chi connectivity index (χ3n) is 3.52. The lowest BCUT2D eigenvalue weighted by Crippen LogP contribution is -2.28. The Bertz CT molecular complexity index is 383. The van der Waals surface area contributed by atoms with Gasteiger partial charge >= 0.3 is 0 Å². The van der Waals surface area contributed by atoms with Gasteiger partial charge in [-0.25, -0.2) is 0 Å². The molecule has 0 fully saturated rings. The summed E-state index contributed by atoms with van der Waals surface area (Å²) in [5.41, 5.74) is 2.90. The van der Waals surface area contributed by atoms with E-state index in [9.17, 15) is 5.11 Å². The van der Waals surface area contributed by atoms with E-state index >= 15 is 0 Å². The number of hydrogen-bond donors (Lipinski definition) is 1. The lowest BCUT2D eigenvalue weighted by Gasteiger charge is -2.26. The molecule has 0 aliphatic carbocycles. The Kier molecular flexibility index (Phi) is 4.97. The van der Waals surface area contributed by atoms with Gasteiger partial charge in [0.05, 0.1) is 6.10 Å². The van der Waals surface area contributed by atoms with Gasteiger partial charge in [0.2, 0.25) is 0 Å². The van der Waals surface area contributed by atoms with Crippen LogP contribution in [0.4, 0.5) is 0 Å². The lowest BCUT2D eigenvalue weighted by atomic mass is 10.0. The summed E-state index contributed by atoms with van der Waals surface area (Å²) in [6.07, 6.45) is 5.27. The Labute approximate surface area is 110 Å². The highest BCUT2D eigenvalue weighted by Gasteiger charge is 2.12. The molecule has 18 heavy (non-hydrogen) atoms. The Hall–Kier alpha value is -1.12. The van der Waals surface area contributed by atoms with Gasteiger partial charge in [0.25, 0.3) is 0 Å². The minimum absolute atomic E-state index is 0.173. The van der Waals surface area contributed by atoms with Crippen LogP contribution in [0.3, 0.4) is 0 Å². The number of benzene rings is 1. The molecule has 1 unspecified atom stereocenters. The first-order valence-corrected chi connectivity index (χ1v) is 6.86. The van der Waals surface area contributed by atoms with Gasteiger partial charge in [-0.15, -0.1) is 0 Å². The van der Waals surface area contributed by atoms with E-state index in [1.807, 2.05) is 6.92 Å². The molecule has 1 aliphatic rings. The van der Waals surface area contributed by atoms with E-state index in [2.05, 4.69) is 41.3 Å². The molecule has 2 nitrogen and oxygen atoms in total. The Morgan fingerprint density at radius 3 is 2.67 bits per heavy atom. The minimum atomic E-state index is -0.173. The number of hydrogen-bond acceptors (Lipinski definition) is 2. The van der Waals surface area contributed by atoms with E-state index in [0.29, 0.717) is 0 Å². The Morgan fingerprint density at radius 2 is 2.06 bits per heavy atom. The first-order valence-electron chi connectivity index (χ1n) is 6.86. The van der Waals surface area contributed by atoms with Crippen molar-refractivity contribution in [2.45, 2.75) is 38.8 Å². The highest BCUT2D eigenvalue weighted by molar-refractivity contribution is 5.15. The zero-order valence-corrected chi connectivity index (χ0v) is 11.2. The molecule has 2 rings (SSSR count). The molecule has 0 radical (unpaired) electrons. The monoisotopic (exact) mass is 245 g/mol. The average molecular weight is 245 g/mol. The van der Waals surface area contributed by atoms with E-state index in [4.69, 9.17) is 0 Å². The first kappa shape index (κ1) is 13.3. The van der Waals surface area contributed by atoms with Gasteiger partial charge in [-0.1, -0.05) is 42.0 Å². The molecule has 1 N–H and O–H groups in total. The SMILES string of the molecule is CC(O)CCC1=CCN(Cc2ccccc2)CC1. The number of aliphatic hydroxyl groups excluding tert-OH is 1. The maximum absolute atomic E-state index is 9.29. The summed E-state index contributed by atoms with van der Waals surface area (Å²) in [5.74, 6) is 0. The van der Waals surface area contributed by atoms with E-state index in [1.54, 1.807) is 0 Å². The van der Waals surface area contributed by atoms with E-state index < -0.39 is 0 Å². The maximum atomic E-state index is 9.29. The second kappa shape index (κ2) is 6.72. The fourth-order valence-electron chi connectivity index (χ4n) is 2.36. The van der Waals surface area contributed by atoms with Crippen LogP contribution in [0.2, 0.25) is 0 Å². The van der Waals surface area contributed by atoms with Gasteiger partial charge in [-0.2, -0.15) is 0 Å². The van der Waals surface area contributed by atoms with Crippen LogP contribution in [0.1, 0.15) is 31.7 Å². The minimum Gasteiger partial charge on any atom is -0.393 e. The van der Waals surface area contributed by atoms with Crippen molar-refractivity contribution >= 4 is 0 Å². The van der Waals surface area contributed by atoms with E-state index in [-0.39, 0.29) is 6.10 Å². The van der Waals surface area contributed by atoms with Crippen LogP contribution in [0.15, 0.2) is 42.0 Å². The van der Waals surface area contributed by atoms with Crippen LogP contribution in [-0.2, 0) is 6.54 Å². The van der Waals surface area contributed by atoms with E-state index in [1.165, 1.54) is 11.1 Å². The van der Waals surface area contributed by atoms with Crippen LogP contribution < -0.4 is 0 Å². The van der Waals surface area contributed by atoms with Crippen molar-refractivity contribution in [3.8, 4) is 0 Å². The van der Waals surface area contributed by atoms with E-state index in [0.717, 1.165) is 38.9 Å². The molecule has 2 heteroatoms. The van der Waals surface area contributed by atoms with Crippen LogP contribution in [0.25, 0.3) is 0 Å². The van der Waals surface area contributed by atoms with Crippen LogP contribution in [0.5, 0.6) is 0 Å². The Morgan fingerprint density at radius 1 is 1.28 bits per heavy atom. The molecule has 0 amide bonds. The predicted molar refractivity (Wildman–Crippen MR) is 75.3 cm³/mol. The van der Waals surface area contributed by atoms with Gasteiger partial charge in [0, 0.05) is 19.6 Å². The van der Waals surface area contributed by atoms with Crippen molar-refractivity contribution in [3.05, 3.63) is 47.5 Å². The molecule has 0 saturated carbocycles. The summed E-state index contributed by atoms with van der Waals surface area (Å²) in [6, 6.07) is 10.6. The van der Waals surface area contributed by atoms with Gasteiger partial charge in [-0.3, -0.25) is 4.90 Å². The van der Waals surface area contributed by atoms with Gasteiger partial charge in [-0.05, 0) is 31.7 Å². The molecule has 0 saturated heterocycles. The summed E-state index contributed by atoms with van der Waals surface area (Å²) < 4.78 is 0. The molecule has 1 aliphatic heterocycles. The quantitative estimate of drug-likeness (QED) is 0.806. The lowest BCUT2D eigenvalue weighted by molar-refractivity contribution is 0.183. The molecule has 98 valence electrons. The second-order valence-corrected chi connectivity index (χ2v) is 5.22. The molecular formula is C16H23NO. The molecule has 1 aromatic carbocycles. The zero-order chi connectivity index (χ0) is 12.8. The third kappa shape index (κ3) is 4.28. The summed E-state index contributed by atoms with van der Waals surface area (Å²) >= 11 is 0. The van der Waals surface area contributed by atoms with Crippen LogP contribution in [-0.4, -0.2) is 29.2 Å². The second-order valence-electron chi connectivity index (χ2n) is 5.22. The number of rotatable bonds is 5. The van der Waals surface area contributed by atoms with Crippen molar-refractivity contribution in [1.29, 1.82) is 0 Å². The smallest absolute Gasteiger partial charge is 0.0515 e. The van der Waals surface area contributed by atoms with Crippen molar-refractivity contribution in [2.24, 2.45) is 0 Å². The van der Waals surface area contributed by atoms with Crippen LogP contribution >= 0.6 is 0 Å². The summed E-state index contributed by atoms with van der Waals surface area (Å²) in [7, 11) is 0. The fourth-order valence-corrected chi connectivity index (χ4v) is 2.36. The van der Waals surface area contributed by atoms with Gasteiger partial charge < -0.3 is 5.11 Å². The fraction of sp³-hybridized carbons (Fsp3) is 0.500. The molecule has 1 heterocycles. The molecule has 1 aromatic rings. The highest BCUT2D eigenvalue weighted by Crippen LogP contribution is 2.18. The van der Waals surface area contributed by atoms with Gasteiger partial charge in [0.1, 0.15) is 0 Å². The Balaban J connectivity index is 1.79. The number of nitrogens with zero attached hydrogens (tertiary/aromatic N) is 1. The summed E-state index contributed by atoms with van der Waals surface area (Å²) in [6.45, 7) is 5.09. The average Bonchev–Trinajstić information content (AvgIpc) is 2.39. The standard InChI is InChI=1S/C16H23NO/c1-14(18)7-8-15-9-11-17(12-10-15)13-16-5-3-2-4-6-16/h2-6,9,14,18H,7-8,10-13H2,1H3. The highest BCUT2D eigenvalue weighted by atomic mass is 16.3. The topological polar surface area (TPSA) is 23.5 Å².